The summed E-state index contributed by atoms with van der Waals surface area (Å²) in [4.78, 5) is 16.2. The summed E-state index contributed by atoms with van der Waals surface area (Å²) in [5.41, 5.74) is 3.35. The van der Waals surface area contributed by atoms with Crippen molar-refractivity contribution in [2.75, 3.05) is 32.6 Å². The van der Waals surface area contributed by atoms with Crippen LogP contribution in [-0.4, -0.2) is 47.1 Å². The smallest absolute Gasteiger partial charge is 0.163 e. The van der Waals surface area contributed by atoms with Gasteiger partial charge in [0.25, 0.3) is 0 Å². The van der Waals surface area contributed by atoms with Crippen molar-refractivity contribution >= 4 is 5.82 Å². The molecule has 1 saturated heterocycles. The molecule has 0 unspecified atom stereocenters. The van der Waals surface area contributed by atoms with Crippen LogP contribution in [0.5, 0.6) is 5.75 Å². The fourth-order valence-corrected chi connectivity index (χ4v) is 3.84. The van der Waals surface area contributed by atoms with Crippen molar-refractivity contribution in [3.8, 4) is 17.1 Å². The Bertz CT molecular complexity index is 939. The van der Waals surface area contributed by atoms with Gasteiger partial charge in [0.15, 0.2) is 5.82 Å². The van der Waals surface area contributed by atoms with E-state index >= 15 is 0 Å². The lowest BCUT2D eigenvalue weighted by molar-refractivity contribution is 0.203. The van der Waals surface area contributed by atoms with Gasteiger partial charge in [-0.1, -0.05) is 12.1 Å². The van der Waals surface area contributed by atoms with Crippen LogP contribution >= 0.6 is 0 Å². The lowest BCUT2D eigenvalue weighted by Crippen LogP contribution is -2.32. The van der Waals surface area contributed by atoms with Gasteiger partial charge >= 0.3 is 0 Å². The first-order valence-electron chi connectivity index (χ1n) is 10.1. The topological polar surface area (TPSA) is 63.2 Å². The number of ether oxygens (including phenoxy) is 1. The number of likely N-dealkylation sites (tertiary alicyclic amines) is 1. The van der Waals surface area contributed by atoms with Crippen molar-refractivity contribution in [1.82, 2.24) is 19.9 Å². The minimum Gasteiger partial charge on any atom is -0.497 e. The Morgan fingerprint density at radius 1 is 1.10 bits per heavy atom. The van der Waals surface area contributed by atoms with Gasteiger partial charge in [0.2, 0.25) is 0 Å². The van der Waals surface area contributed by atoms with E-state index in [2.05, 4.69) is 44.5 Å². The van der Waals surface area contributed by atoms with E-state index in [0.717, 1.165) is 61.1 Å². The quantitative estimate of drug-likeness (QED) is 0.688. The fourth-order valence-electron chi connectivity index (χ4n) is 3.84. The Balaban J connectivity index is 1.45. The highest BCUT2D eigenvalue weighted by Gasteiger charge is 2.23. The van der Waals surface area contributed by atoms with Gasteiger partial charge in [-0.15, -0.1) is 0 Å². The zero-order chi connectivity index (χ0) is 20.1. The number of benzene rings is 1. The molecule has 0 bridgehead atoms. The van der Waals surface area contributed by atoms with Crippen LogP contribution in [0.2, 0.25) is 0 Å². The summed E-state index contributed by atoms with van der Waals surface area (Å²) in [5, 5.41) is 3.18. The van der Waals surface area contributed by atoms with E-state index in [1.54, 1.807) is 13.3 Å². The highest BCUT2D eigenvalue weighted by atomic mass is 16.5. The van der Waals surface area contributed by atoms with Gasteiger partial charge in [-0.3, -0.25) is 9.88 Å². The number of nitrogens with zero attached hydrogens (tertiary/aromatic N) is 4. The van der Waals surface area contributed by atoms with Gasteiger partial charge < -0.3 is 10.1 Å². The van der Waals surface area contributed by atoms with Crippen LogP contribution in [0.4, 0.5) is 5.82 Å². The average molecular weight is 390 g/mol. The summed E-state index contributed by atoms with van der Waals surface area (Å²) in [6.07, 6.45) is 5.77. The van der Waals surface area contributed by atoms with Gasteiger partial charge in [0, 0.05) is 49.2 Å². The van der Waals surface area contributed by atoms with Gasteiger partial charge in [-0.2, -0.15) is 0 Å². The first-order chi connectivity index (χ1) is 14.2. The average Bonchev–Trinajstić information content (AvgIpc) is 2.80. The second kappa shape index (κ2) is 9.01. The molecule has 1 aliphatic rings. The summed E-state index contributed by atoms with van der Waals surface area (Å²) in [6, 6.07) is 14.3. The first kappa shape index (κ1) is 19.3. The van der Waals surface area contributed by atoms with E-state index in [4.69, 9.17) is 9.72 Å². The number of nitrogens with one attached hydrogen (secondary N) is 1. The van der Waals surface area contributed by atoms with E-state index in [-0.39, 0.29) is 0 Å². The molecule has 6 heteroatoms. The van der Waals surface area contributed by atoms with Crippen molar-refractivity contribution in [1.29, 1.82) is 0 Å². The molecule has 0 radical (unpaired) electrons. The molecule has 0 amide bonds. The standard InChI is InChI=1S/C23H27N5O/c1-24-22-14-21(26-23(27-22)19-6-4-10-25-15-19)18-8-11-28(12-9-18)16-17-5-3-7-20(13-17)29-2/h3-7,10,13-15,18H,8-9,11-12,16H2,1-2H3,(H,24,26,27). The molecule has 29 heavy (non-hydrogen) atoms. The van der Waals surface area contributed by atoms with Crippen LogP contribution in [0.15, 0.2) is 54.9 Å². The van der Waals surface area contributed by atoms with Crippen molar-refractivity contribution in [2.24, 2.45) is 0 Å². The van der Waals surface area contributed by atoms with Gasteiger partial charge in [0.1, 0.15) is 11.6 Å². The highest BCUT2D eigenvalue weighted by molar-refractivity contribution is 5.56. The maximum atomic E-state index is 5.35. The molecule has 3 aromatic rings. The number of aromatic nitrogens is 3. The molecule has 0 saturated carbocycles. The summed E-state index contributed by atoms with van der Waals surface area (Å²) in [7, 11) is 3.61. The Morgan fingerprint density at radius 2 is 1.97 bits per heavy atom. The zero-order valence-corrected chi connectivity index (χ0v) is 17.0. The highest BCUT2D eigenvalue weighted by Crippen LogP contribution is 2.30. The normalized spacial score (nSPS) is 15.2. The van der Waals surface area contributed by atoms with Crippen molar-refractivity contribution in [3.05, 3.63) is 66.1 Å². The molecule has 1 aliphatic heterocycles. The van der Waals surface area contributed by atoms with Gasteiger partial charge in [0.05, 0.1) is 7.11 Å². The monoisotopic (exact) mass is 389 g/mol. The molecule has 6 nitrogen and oxygen atoms in total. The summed E-state index contributed by atoms with van der Waals surface area (Å²) in [6.45, 7) is 3.07. The van der Waals surface area contributed by atoms with Crippen molar-refractivity contribution < 1.29 is 4.74 Å². The van der Waals surface area contributed by atoms with Crippen LogP contribution in [0.25, 0.3) is 11.4 Å². The van der Waals surface area contributed by atoms with E-state index < -0.39 is 0 Å². The molecule has 0 spiro atoms. The first-order valence-corrected chi connectivity index (χ1v) is 10.1. The minimum absolute atomic E-state index is 0.446. The second-order valence-electron chi connectivity index (χ2n) is 7.40. The predicted molar refractivity (Wildman–Crippen MR) is 115 cm³/mol. The van der Waals surface area contributed by atoms with Crippen LogP contribution in [0, 0.1) is 0 Å². The van der Waals surface area contributed by atoms with Crippen molar-refractivity contribution in [3.63, 3.8) is 0 Å². The predicted octanol–water partition coefficient (Wildman–Crippen LogP) is 3.97. The molecular weight excluding hydrogens is 362 g/mol. The number of methoxy groups -OCH3 is 1. The number of piperidine rings is 1. The van der Waals surface area contributed by atoms with Gasteiger partial charge in [-0.25, -0.2) is 9.97 Å². The van der Waals surface area contributed by atoms with E-state index in [9.17, 15) is 0 Å². The summed E-state index contributed by atoms with van der Waals surface area (Å²) >= 11 is 0. The van der Waals surface area contributed by atoms with Crippen molar-refractivity contribution in [2.45, 2.75) is 25.3 Å². The zero-order valence-electron chi connectivity index (χ0n) is 17.0. The lowest BCUT2D eigenvalue weighted by Gasteiger charge is -2.32. The Morgan fingerprint density at radius 3 is 2.69 bits per heavy atom. The summed E-state index contributed by atoms with van der Waals surface area (Å²) in [5.74, 6) is 2.95. The van der Waals surface area contributed by atoms with Crippen LogP contribution < -0.4 is 10.1 Å². The SMILES string of the molecule is CNc1cc(C2CCN(Cc3cccc(OC)c3)CC2)nc(-c2cccnc2)n1. The second-order valence-corrected chi connectivity index (χ2v) is 7.40. The molecule has 3 heterocycles. The summed E-state index contributed by atoms with van der Waals surface area (Å²) < 4.78 is 5.35. The molecule has 150 valence electrons. The van der Waals surface area contributed by atoms with E-state index in [1.165, 1.54) is 5.56 Å². The number of anilines is 1. The fraction of sp³-hybridized carbons (Fsp3) is 0.348. The van der Waals surface area contributed by atoms with Gasteiger partial charge in [-0.05, 0) is 55.8 Å². The third kappa shape index (κ3) is 4.71. The number of hydrogen-bond acceptors (Lipinski definition) is 6. The molecule has 2 aromatic heterocycles. The van der Waals surface area contributed by atoms with Crippen LogP contribution in [0.3, 0.4) is 0 Å². The molecule has 4 rings (SSSR count). The number of pyridine rings is 1. The Labute approximate surface area is 172 Å². The van der Waals surface area contributed by atoms with E-state index in [0.29, 0.717) is 5.92 Å². The third-order valence-corrected chi connectivity index (χ3v) is 5.47. The Hall–Kier alpha value is -2.99. The largest absolute Gasteiger partial charge is 0.497 e. The number of rotatable bonds is 6. The Kier molecular flexibility index (Phi) is 6.00. The number of hydrogen-bond donors (Lipinski definition) is 1. The lowest BCUT2D eigenvalue weighted by atomic mass is 9.92. The molecule has 1 N–H and O–H groups in total. The molecular formula is C23H27N5O. The molecule has 1 fully saturated rings. The van der Waals surface area contributed by atoms with E-state index in [1.807, 2.05) is 31.4 Å². The molecule has 0 aliphatic carbocycles. The molecule has 0 atom stereocenters. The maximum absolute atomic E-state index is 5.35. The third-order valence-electron chi connectivity index (χ3n) is 5.47. The van der Waals surface area contributed by atoms with Crippen LogP contribution in [-0.2, 0) is 6.54 Å². The van der Waals surface area contributed by atoms with Crippen LogP contribution in [0.1, 0.15) is 30.0 Å². The minimum atomic E-state index is 0.446. The molecule has 1 aromatic carbocycles. The maximum Gasteiger partial charge on any atom is 0.163 e.